The third-order valence-corrected chi connectivity index (χ3v) is 3.01. The largest absolute Gasteiger partial charge is 0.396 e. The summed E-state index contributed by atoms with van der Waals surface area (Å²) in [6.45, 7) is 0.722. The molecule has 1 aliphatic heterocycles. The minimum Gasteiger partial charge on any atom is -0.396 e. The third kappa shape index (κ3) is 2.06. The zero-order valence-corrected chi connectivity index (χ0v) is 9.83. The van der Waals surface area contributed by atoms with Crippen LogP contribution in [0.4, 0.5) is 5.69 Å². The predicted octanol–water partition coefficient (Wildman–Crippen LogP) is 1.72. The molecular weight excluding hydrogens is 258 g/mol. The summed E-state index contributed by atoms with van der Waals surface area (Å²) < 4.78 is 0.998. The molecule has 0 fully saturated rings. The monoisotopic (exact) mass is 269 g/mol. The van der Waals surface area contributed by atoms with Gasteiger partial charge in [-0.05, 0) is 30.2 Å². The predicted molar refractivity (Wildman–Crippen MR) is 61.9 cm³/mol. The number of fused-ring (bicyclic) bond motifs is 1. The number of rotatable bonds is 3. The fourth-order valence-corrected chi connectivity index (χ4v) is 2.23. The summed E-state index contributed by atoms with van der Waals surface area (Å²) in [5, 5.41) is 8.76. The highest BCUT2D eigenvalue weighted by Gasteiger charge is 2.26. The Balaban J connectivity index is 2.25. The maximum absolute atomic E-state index is 11.7. The van der Waals surface area contributed by atoms with Crippen molar-refractivity contribution in [3.05, 3.63) is 28.2 Å². The standard InChI is InChI=1S/C11H12BrNO2/c12-9-2-3-10-8(6-9)7-11(15)13(10)4-1-5-14/h2-3,6,14H,1,4-5,7H2. The van der Waals surface area contributed by atoms with E-state index in [9.17, 15) is 4.79 Å². The zero-order chi connectivity index (χ0) is 10.8. The van der Waals surface area contributed by atoms with Gasteiger partial charge in [0.05, 0.1) is 6.42 Å². The van der Waals surface area contributed by atoms with E-state index in [1.54, 1.807) is 4.90 Å². The van der Waals surface area contributed by atoms with Crippen LogP contribution in [0.25, 0.3) is 0 Å². The number of hydrogen-bond donors (Lipinski definition) is 1. The molecule has 0 aliphatic carbocycles. The van der Waals surface area contributed by atoms with Gasteiger partial charge >= 0.3 is 0 Å². The minimum absolute atomic E-state index is 0.121. The first kappa shape index (κ1) is 10.6. The quantitative estimate of drug-likeness (QED) is 0.908. The van der Waals surface area contributed by atoms with Gasteiger partial charge in [-0.25, -0.2) is 0 Å². The number of carbonyl (C=O) groups is 1. The number of amides is 1. The highest BCUT2D eigenvalue weighted by atomic mass is 79.9. The molecule has 1 aromatic carbocycles. The molecule has 0 bridgehead atoms. The number of hydrogen-bond acceptors (Lipinski definition) is 2. The van der Waals surface area contributed by atoms with Crippen LogP contribution in [-0.4, -0.2) is 24.2 Å². The summed E-state index contributed by atoms with van der Waals surface area (Å²) >= 11 is 3.39. The lowest BCUT2D eigenvalue weighted by Crippen LogP contribution is -2.28. The van der Waals surface area contributed by atoms with E-state index >= 15 is 0 Å². The second kappa shape index (κ2) is 4.33. The Morgan fingerprint density at radius 1 is 1.47 bits per heavy atom. The van der Waals surface area contributed by atoms with Crippen LogP contribution in [0.5, 0.6) is 0 Å². The molecule has 1 heterocycles. The van der Waals surface area contributed by atoms with E-state index < -0.39 is 0 Å². The molecule has 2 rings (SSSR count). The summed E-state index contributed by atoms with van der Waals surface area (Å²) in [5.41, 5.74) is 2.05. The van der Waals surface area contributed by atoms with E-state index in [0.29, 0.717) is 19.4 Å². The Hall–Kier alpha value is -0.870. The Morgan fingerprint density at radius 3 is 3.00 bits per heavy atom. The smallest absolute Gasteiger partial charge is 0.231 e. The Labute approximate surface area is 96.8 Å². The number of carbonyl (C=O) groups excluding carboxylic acids is 1. The maximum Gasteiger partial charge on any atom is 0.231 e. The number of halogens is 1. The van der Waals surface area contributed by atoms with E-state index in [1.165, 1.54) is 0 Å². The summed E-state index contributed by atoms with van der Waals surface area (Å²) in [6, 6.07) is 5.86. The van der Waals surface area contributed by atoms with Crippen molar-refractivity contribution in [1.29, 1.82) is 0 Å². The van der Waals surface area contributed by atoms with Crippen molar-refractivity contribution in [2.45, 2.75) is 12.8 Å². The highest BCUT2D eigenvalue weighted by molar-refractivity contribution is 9.10. The fraction of sp³-hybridized carbons (Fsp3) is 0.364. The first-order chi connectivity index (χ1) is 7.22. The molecule has 15 heavy (non-hydrogen) atoms. The molecule has 80 valence electrons. The van der Waals surface area contributed by atoms with Gasteiger partial charge in [0.1, 0.15) is 0 Å². The van der Waals surface area contributed by atoms with Gasteiger partial charge in [-0.15, -0.1) is 0 Å². The van der Waals surface area contributed by atoms with Crippen molar-refractivity contribution in [3.63, 3.8) is 0 Å². The topological polar surface area (TPSA) is 40.5 Å². The molecule has 0 radical (unpaired) electrons. The molecule has 0 saturated carbocycles. The molecule has 0 aromatic heterocycles. The normalized spacial score (nSPS) is 14.5. The fourth-order valence-electron chi connectivity index (χ4n) is 1.83. The van der Waals surface area contributed by atoms with Crippen LogP contribution in [0, 0.1) is 0 Å². The summed E-state index contributed by atoms with van der Waals surface area (Å²) in [6.07, 6.45) is 1.10. The average Bonchev–Trinajstić information content (AvgIpc) is 2.50. The van der Waals surface area contributed by atoms with Crippen molar-refractivity contribution < 1.29 is 9.90 Å². The Morgan fingerprint density at radius 2 is 2.27 bits per heavy atom. The maximum atomic E-state index is 11.7. The molecule has 1 N–H and O–H groups in total. The van der Waals surface area contributed by atoms with E-state index in [1.807, 2.05) is 18.2 Å². The summed E-state index contributed by atoms with van der Waals surface area (Å²) in [5.74, 6) is 0.122. The number of aliphatic hydroxyl groups excluding tert-OH is 1. The number of benzene rings is 1. The molecule has 1 amide bonds. The molecule has 1 aliphatic rings. The van der Waals surface area contributed by atoms with Crippen molar-refractivity contribution in [1.82, 2.24) is 0 Å². The van der Waals surface area contributed by atoms with Gasteiger partial charge < -0.3 is 10.0 Å². The van der Waals surface area contributed by atoms with Crippen LogP contribution in [-0.2, 0) is 11.2 Å². The molecule has 1 aromatic rings. The number of anilines is 1. The van der Waals surface area contributed by atoms with E-state index in [2.05, 4.69) is 15.9 Å². The zero-order valence-electron chi connectivity index (χ0n) is 8.24. The van der Waals surface area contributed by atoms with Gasteiger partial charge in [-0.2, -0.15) is 0 Å². The molecule has 0 atom stereocenters. The van der Waals surface area contributed by atoms with Gasteiger partial charge in [0.2, 0.25) is 5.91 Å². The number of aliphatic hydroxyl groups is 1. The van der Waals surface area contributed by atoms with E-state index in [4.69, 9.17) is 5.11 Å². The van der Waals surface area contributed by atoms with Gasteiger partial charge in [-0.1, -0.05) is 15.9 Å². The molecule has 3 nitrogen and oxygen atoms in total. The van der Waals surface area contributed by atoms with Crippen molar-refractivity contribution >= 4 is 27.5 Å². The molecule has 0 unspecified atom stereocenters. The second-order valence-corrected chi connectivity index (χ2v) is 4.49. The van der Waals surface area contributed by atoms with Gasteiger partial charge in [0.25, 0.3) is 0 Å². The molecular formula is C11H12BrNO2. The lowest BCUT2D eigenvalue weighted by molar-refractivity contribution is -0.117. The molecule has 0 saturated heterocycles. The van der Waals surface area contributed by atoms with Gasteiger partial charge in [0, 0.05) is 23.3 Å². The third-order valence-electron chi connectivity index (χ3n) is 2.51. The van der Waals surface area contributed by atoms with E-state index in [-0.39, 0.29) is 12.5 Å². The average molecular weight is 270 g/mol. The number of nitrogens with zero attached hydrogens (tertiary/aromatic N) is 1. The summed E-state index contributed by atoms with van der Waals surface area (Å²) in [4.78, 5) is 13.4. The SMILES string of the molecule is O=C1Cc2cc(Br)ccc2N1CCCO. The lowest BCUT2D eigenvalue weighted by atomic mass is 10.2. The van der Waals surface area contributed by atoms with Crippen LogP contribution in [0.15, 0.2) is 22.7 Å². The molecule has 4 heteroatoms. The van der Waals surface area contributed by atoms with Crippen LogP contribution >= 0.6 is 15.9 Å². The van der Waals surface area contributed by atoms with E-state index in [0.717, 1.165) is 15.7 Å². The lowest BCUT2D eigenvalue weighted by Gasteiger charge is -2.16. The van der Waals surface area contributed by atoms with Crippen LogP contribution < -0.4 is 4.90 Å². The van der Waals surface area contributed by atoms with Crippen LogP contribution in [0.2, 0.25) is 0 Å². The van der Waals surface area contributed by atoms with Crippen LogP contribution in [0.3, 0.4) is 0 Å². The highest BCUT2D eigenvalue weighted by Crippen LogP contribution is 2.31. The second-order valence-electron chi connectivity index (χ2n) is 3.57. The molecule has 0 spiro atoms. The van der Waals surface area contributed by atoms with Crippen LogP contribution in [0.1, 0.15) is 12.0 Å². The minimum atomic E-state index is 0.121. The van der Waals surface area contributed by atoms with Crippen molar-refractivity contribution in [3.8, 4) is 0 Å². The van der Waals surface area contributed by atoms with Gasteiger partial charge in [0.15, 0.2) is 0 Å². The van der Waals surface area contributed by atoms with Crippen molar-refractivity contribution in [2.75, 3.05) is 18.1 Å². The Bertz CT molecular complexity index is 392. The van der Waals surface area contributed by atoms with Crippen molar-refractivity contribution in [2.24, 2.45) is 0 Å². The Kier molecular flexibility index (Phi) is 3.07. The first-order valence-corrected chi connectivity index (χ1v) is 5.71. The summed E-state index contributed by atoms with van der Waals surface area (Å²) in [7, 11) is 0. The van der Waals surface area contributed by atoms with Gasteiger partial charge in [-0.3, -0.25) is 4.79 Å². The first-order valence-electron chi connectivity index (χ1n) is 4.92.